The van der Waals surface area contributed by atoms with Gasteiger partial charge in [0.15, 0.2) is 5.78 Å². The molecule has 5 nitrogen and oxygen atoms in total. The summed E-state index contributed by atoms with van der Waals surface area (Å²) in [6, 6.07) is 5.90. The van der Waals surface area contributed by atoms with Crippen LogP contribution in [0.4, 0.5) is 0 Å². The zero-order chi connectivity index (χ0) is 16.1. The number of carbonyl (C=O) groups excluding carboxylic acids is 2. The van der Waals surface area contributed by atoms with Gasteiger partial charge in [-0.3, -0.25) is 4.79 Å². The first-order chi connectivity index (χ1) is 11.1. The Hall–Kier alpha value is -1.92. The lowest BCUT2D eigenvalue weighted by Gasteiger charge is -2.32. The van der Waals surface area contributed by atoms with Crippen LogP contribution in [0.25, 0.3) is 0 Å². The molecule has 3 heterocycles. The number of rotatable bonds is 1. The maximum absolute atomic E-state index is 12.5. The van der Waals surface area contributed by atoms with Gasteiger partial charge in [0.2, 0.25) is 0 Å². The molecule has 6 heteroatoms. The first-order valence-corrected chi connectivity index (χ1v) is 8.13. The van der Waals surface area contributed by atoms with Crippen molar-refractivity contribution in [3.8, 4) is 0 Å². The number of esters is 1. The van der Waals surface area contributed by atoms with Crippen LogP contribution in [0, 0.1) is 6.92 Å². The number of cyclic esters (lactones) is 1. The Kier molecular flexibility index (Phi) is 3.39. The molecule has 1 aromatic carbocycles. The molecule has 3 aliphatic rings. The van der Waals surface area contributed by atoms with E-state index in [9.17, 15) is 9.59 Å². The summed E-state index contributed by atoms with van der Waals surface area (Å²) >= 11 is 3.53. The molecule has 3 aliphatic heterocycles. The van der Waals surface area contributed by atoms with Crippen LogP contribution in [0.15, 0.2) is 45.2 Å². The second-order valence-electron chi connectivity index (χ2n) is 5.84. The number of nitrogens with one attached hydrogen (secondary N) is 1. The van der Waals surface area contributed by atoms with Crippen LogP contribution in [0.1, 0.15) is 17.0 Å². The van der Waals surface area contributed by atoms with E-state index in [2.05, 4.69) is 21.2 Å². The van der Waals surface area contributed by atoms with E-state index in [-0.39, 0.29) is 25.0 Å². The molecule has 0 amide bonds. The van der Waals surface area contributed by atoms with Crippen molar-refractivity contribution in [2.24, 2.45) is 0 Å². The van der Waals surface area contributed by atoms with Gasteiger partial charge in [-0.1, -0.05) is 28.1 Å². The largest absolute Gasteiger partial charge is 0.456 e. The number of ether oxygens (including phenoxy) is 2. The molecule has 0 saturated carbocycles. The Morgan fingerprint density at radius 3 is 2.70 bits per heavy atom. The van der Waals surface area contributed by atoms with Crippen molar-refractivity contribution < 1.29 is 19.1 Å². The fourth-order valence-electron chi connectivity index (χ4n) is 3.27. The van der Waals surface area contributed by atoms with Crippen LogP contribution < -0.4 is 5.32 Å². The molecule has 0 fully saturated rings. The molecule has 118 valence electrons. The number of hydrogen-bond donors (Lipinski definition) is 1. The quantitative estimate of drug-likeness (QED) is 0.761. The van der Waals surface area contributed by atoms with Gasteiger partial charge in [-0.2, -0.15) is 0 Å². The highest BCUT2D eigenvalue weighted by molar-refractivity contribution is 9.10. The lowest BCUT2D eigenvalue weighted by molar-refractivity contribution is -0.136. The number of dihydropyridines is 1. The Labute approximate surface area is 141 Å². The van der Waals surface area contributed by atoms with E-state index in [1.807, 2.05) is 25.1 Å². The minimum absolute atomic E-state index is 0.0434. The van der Waals surface area contributed by atoms with Crippen molar-refractivity contribution in [3.63, 3.8) is 0 Å². The first-order valence-electron chi connectivity index (χ1n) is 7.33. The normalized spacial score (nSPS) is 23.5. The van der Waals surface area contributed by atoms with Gasteiger partial charge in [0.1, 0.15) is 13.2 Å². The number of carbonyl (C=O) groups is 2. The van der Waals surface area contributed by atoms with Gasteiger partial charge in [-0.25, -0.2) is 4.79 Å². The summed E-state index contributed by atoms with van der Waals surface area (Å²) in [7, 11) is 0. The molecule has 0 spiro atoms. The Bertz CT molecular complexity index is 809. The SMILES string of the molecule is Cc1ccc([C@H]2C3=C(COCC3=O)NC3=C2C(=O)OC3)cc1Br. The molecule has 0 saturated heterocycles. The molecule has 0 unspecified atom stereocenters. The second-order valence-corrected chi connectivity index (χ2v) is 6.70. The fraction of sp³-hybridized carbons (Fsp3) is 0.294. The van der Waals surface area contributed by atoms with Gasteiger partial charge < -0.3 is 14.8 Å². The summed E-state index contributed by atoms with van der Waals surface area (Å²) < 4.78 is 11.5. The summed E-state index contributed by atoms with van der Waals surface area (Å²) in [5.74, 6) is -0.851. The van der Waals surface area contributed by atoms with Crippen LogP contribution in [-0.2, 0) is 19.1 Å². The summed E-state index contributed by atoms with van der Waals surface area (Å²) in [4.78, 5) is 24.7. The molecule has 0 radical (unpaired) electrons. The van der Waals surface area contributed by atoms with Crippen LogP contribution >= 0.6 is 15.9 Å². The number of benzene rings is 1. The molecule has 1 N–H and O–H groups in total. The molecule has 1 aromatic rings. The van der Waals surface area contributed by atoms with Crippen LogP contribution in [0.5, 0.6) is 0 Å². The average molecular weight is 376 g/mol. The van der Waals surface area contributed by atoms with Gasteiger partial charge in [0.05, 0.1) is 17.9 Å². The topological polar surface area (TPSA) is 64.6 Å². The molecular weight excluding hydrogens is 362 g/mol. The van der Waals surface area contributed by atoms with Crippen molar-refractivity contribution in [2.45, 2.75) is 12.8 Å². The Balaban J connectivity index is 1.91. The first kappa shape index (κ1) is 14.7. The van der Waals surface area contributed by atoms with E-state index < -0.39 is 5.92 Å². The van der Waals surface area contributed by atoms with E-state index in [1.165, 1.54) is 0 Å². The van der Waals surface area contributed by atoms with Crippen LogP contribution in [0.2, 0.25) is 0 Å². The molecule has 1 atom stereocenters. The van der Waals surface area contributed by atoms with Crippen molar-refractivity contribution in [1.82, 2.24) is 5.32 Å². The van der Waals surface area contributed by atoms with Crippen molar-refractivity contribution >= 4 is 27.7 Å². The number of ketones is 1. The smallest absolute Gasteiger partial charge is 0.337 e. The number of hydrogen-bond acceptors (Lipinski definition) is 5. The van der Waals surface area contributed by atoms with Crippen molar-refractivity contribution in [3.05, 3.63) is 56.3 Å². The molecule has 0 aliphatic carbocycles. The maximum Gasteiger partial charge on any atom is 0.337 e. The van der Waals surface area contributed by atoms with E-state index >= 15 is 0 Å². The highest BCUT2D eigenvalue weighted by Gasteiger charge is 2.43. The molecule has 4 rings (SSSR count). The number of aryl methyl sites for hydroxylation is 1. The van der Waals surface area contributed by atoms with Gasteiger partial charge in [0, 0.05) is 21.7 Å². The Morgan fingerprint density at radius 2 is 1.91 bits per heavy atom. The fourth-order valence-corrected chi connectivity index (χ4v) is 3.67. The van der Waals surface area contributed by atoms with Gasteiger partial charge in [0.25, 0.3) is 0 Å². The monoisotopic (exact) mass is 375 g/mol. The zero-order valence-corrected chi connectivity index (χ0v) is 14.0. The van der Waals surface area contributed by atoms with Gasteiger partial charge >= 0.3 is 5.97 Å². The average Bonchev–Trinajstić information content (AvgIpc) is 2.90. The Morgan fingerprint density at radius 1 is 1.13 bits per heavy atom. The zero-order valence-electron chi connectivity index (χ0n) is 12.4. The third-order valence-electron chi connectivity index (χ3n) is 4.41. The lowest BCUT2D eigenvalue weighted by atomic mass is 9.78. The van der Waals surface area contributed by atoms with E-state index in [0.717, 1.165) is 27.0 Å². The predicted molar refractivity (Wildman–Crippen MR) is 85.6 cm³/mol. The highest BCUT2D eigenvalue weighted by atomic mass is 79.9. The van der Waals surface area contributed by atoms with E-state index in [1.54, 1.807) is 0 Å². The lowest BCUT2D eigenvalue weighted by Crippen LogP contribution is -2.37. The summed E-state index contributed by atoms with van der Waals surface area (Å²) in [5, 5.41) is 3.16. The minimum Gasteiger partial charge on any atom is -0.456 e. The molecule has 23 heavy (non-hydrogen) atoms. The van der Waals surface area contributed by atoms with Gasteiger partial charge in [-0.05, 0) is 24.1 Å². The standard InChI is InChI=1S/C17H14BrNO4/c1-8-2-3-9(4-10(8)18)14-15-11(5-22-7-13(15)20)19-12-6-23-17(21)16(12)14/h2-4,14,19H,5-7H2,1H3/t14-/m0/s1. The second kappa shape index (κ2) is 5.32. The van der Waals surface area contributed by atoms with Crippen molar-refractivity contribution in [2.75, 3.05) is 19.8 Å². The third kappa shape index (κ3) is 2.24. The maximum atomic E-state index is 12.5. The third-order valence-corrected chi connectivity index (χ3v) is 5.26. The van der Waals surface area contributed by atoms with Crippen molar-refractivity contribution in [1.29, 1.82) is 0 Å². The summed E-state index contributed by atoms with van der Waals surface area (Å²) in [5.41, 5.74) is 4.62. The van der Waals surface area contributed by atoms with Crippen LogP contribution in [-0.4, -0.2) is 31.6 Å². The molecule has 0 bridgehead atoms. The van der Waals surface area contributed by atoms with E-state index in [4.69, 9.17) is 9.47 Å². The predicted octanol–water partition coefficient (Wildman–Crippen LogP) is 2.11. The summed E-state index contributed by atoms with van der Waals surface area (Å²) in [6.07, 6.45) is 0. The number of Topliss-reactive ketones (excluding diaryl/α,β-unsaturated/α-hetero) is 1. The van der Waals surface area contributed by atoms with E-state index in [0.29, 0.717) is 17.8 Å². The molecular formula is C17H14BrNO4. The number of halogens is 1. The minimum atomic E-state index is -0.399. The van der Waals surface area contributed by atoms with Gasteiger partial charge in [-0.15, -0.1) is 0 Å². The van der Waals surface area contributed by atoms with Crippen LogP contribution in [0.3, 0.4) is 0 Å². The molecule has 0 aromatic heterocycles. The summed E-state index contributed by atoms with van der Waals surface area (Å²) in [6.45, 7) is 2.59. The highest BCUT2D eigenvalue weighted by Crippen LogP contribution is 2.43.